The largest absolute Gasteiger partial charge is 0.478 e. The highest BCUT2D eigenvalue weighted by atomic mass is 19.4. The number of ether oxygens (including phenoxy) is 2. The molecule has 0 aromatic heterocycles. The number of aromatic carboxylic acids is 1. The van der Waals surface area contributed by atoms with E-state index < -0.39 is 59.9 Å². The van der Waals surface area contributed by atoms with E-state index in [0.29, 0.717) is 0 Å². The highest BCUT2D eigenvalue weighted by Crippen LogP contribution is 2.40. The monoisotopic (exact) mass is 454 g/mol. The average Bonchev–Trinajstić information content (AvgIpc) is 2.50. The van der Waals surface area contributed by atoms with E-state index in [4.69, 9.17) is 5.11 Å². The zero-order valence-electron chi connectivity index (χ0n) is 13.1. The third-order valence-electron chi connectivity index (χ3n) is 2.85. The quantitative estimate of drug-likeness (QED) is 0.581. The van der Waals surface area contributed by atoms with Crippen molar-refractivity contribution in [2.24, 2.45) is 0 Å². The van der Waals surface area contributed by atoms with E-state index in [1.807, 2.05) is 0 Å². The van der Waals surface area contributed by atoms with Crippen molar-refractivity contribution in [2.75, 3.05) is 0 Å². The van der Waals surface area contributed by atoms with Gasteiger partial charge in [-0.05, 0) is 12.1 Å². The minimum Gasteiger partial charge on any atom is -0.478 e. The van der Waals surface area contributed by atoms with E-state index in [2.05, 4.69) is 9.47 Å². The van der Waals surface area contributed by atoms with Gasteiger partial charge in [-0.25, -0.2) is 13.6 Å². The standard InChI is InChI=1S/C13H6F12O4/c14-8(10(16,17)18)12(22,23)28-4-1-2-5(7(26)27)6(3-4)29-13(24,25)9(15)11(19,20)21/h1-3,8-9H,(H,26,27). The molecule has 1 rings (SSSR count). The second-order valence-corrected chi connectivity index (χ2v) is 5.10. The summed E-state index contributed by atoms with van der Waals surface area (Å²) in [4.78, 5) is 10.9. The first-order chi connectivity index (χ1) is 12.8. The Morgan fingerprint density at radius 2 is 1.21 bits per heavy atom. The Kier molecular flexibility index (Phi) is 6.50. The predicted octanol–water partition coefficient (Wildman–Crippen LogP) is 5.13. The minimum atomic E-state index is -6.19. The zero-order valence-corrected chi connectivity index (χ0v) is 13.1. The maximum Gasteiger partial charge on any atom is 0.439 e. The van der Waals surface area contributed by atoms with Gasteiger partial charge in [0.05, 0.1) is 0 Å². The van der Waals surface area contributed by atoms with Gasteiger partial charge in [0.1, 0.15) is 17.1 Å². The van der Waals surface area contributed by atoms with Gasteiger partial charge < -0.3 is 14.6 Å². The van der Waals surface area contributed by atoms with E-state index in [-0.39, 0.29) is 18.2 Å². The van der Waals surface area contributed by atoms with E-state index in [1.165, 1.54) is 0 Å². The number of rotatable bonds is 7. The topological polar surface area (TPSA) is 55.8 Å². The lowest BCUT2D eigenvalue weighted by molar-refractivity contribution is -0.305. The van der Waals surface area contributed by atoms with E-state index in [9.17, 15) is 57.5 Å². The van der Waals surface area contributed by atoms with Crippen LogP contribution in [0.2, 0.25) is 0 Å². The van der Waals surface area contributed by atoms with Gasteiger partial charge >= 0.3 is 30.5 Å². The smallest absolute Gasteiger partial charge is 0.439 e. The van der Waals surface area contributed by atoms with Crippen LogP contribution >= 0.6 is 0 Å². The second kappa shape index (κ2) is 7.70. The Labute approximate surface area is 151 Å². The summed E-state index contributed by atoms with van der Waals surface area (Å²) in [5, 5.41) is 8.74. The normalized spacial score (nSPS) is 15.6. The summed E-state index contributed by atoms with van der Waals surface area (Å²) in [6, 6.07) is -0.0690. The molecule has 166 valence electrons. The lowest BCUT2D eigenvalue weighted by Crippen LogP contribution is -2.46. The van der Waals surface area contributed by atoms with E-state index in [0.717, 1.165) is 0 Å². The van der Waals surface area contributed by atoms with Crippen LogP contribution in [0, 0.1) is 0 Å². The maximum atomic E-state index is 13.3. The van der Waals surface area contributed by atoms with E-state index in [1.54, 1.807) is 0 Å². The van der Waals surface area contributed by atoms with Crippen LogP contribution < -0.4 is 9.47 Å². The maximum absolute atomic E-state index is 13.3. The van der Waals surface area contributed by atoms with Gasteiger partial charge in [-0.1, -0.05) is 0 Å². The van der Waals surface area contributed by atoms with Gasteiger partial charge in [0.15, 0.2) is 0 Å². The van der Waals surface area contributed by atoms with Crippen LogP contribution in [0.1, 0.15) is 10.4 Å². The third kappa shape index (κ3) is 5.96. The molecule has 0 radical (unpaired) electrons. The molecule has 0 aliphatic carbocycles. The molecule has 0 saturated heterocycles. The molecule has 0 spiro atoms. The number of halogens is 12. The minimum absolute atomic E-state index is 0.0980. The average molecular weight is 454 g/mol. The fourth-order valence-electron chi connectivity index (χ4n) is 1.62. The molecule has 2 atom stereocenters. The van der Waals surface area contributed by atoms with E-state index >= 15 is 0 Å². The van der Waals surface area contributed by atoms with Gasteiger partial charge in [-0.2, -0.15) is 43.9 Å². The van der Waals surface area contributed by atoms with Crippen LogP contribution in [0.25, 0.3) is 0 Å². The molecule has 0 aliphatic rings. The van der Waals surface area contributed by atoms with Gasteiger partial charge in [-0.3, -0.25) is 0 Å². The fraction of sp³-hybridized carbons (Fsp3) is 0.462. The Morgan fingerprint density at radius 3 is 1.59 bits per heavy atom. The zero-order chi connectivity index (χ0) is 23.0. The summed E-state index contributed by atoms with van der Waals surface area (Å²) in [5.74, 6) is -5.68. The van der Waals surface area contributed by atoms with Crippen molar-refractivity contribution in [3.05, 3.63) is 23.8 Å². The number of hydrogen-bond donors (Lipinski definition) is 1. The summed E-state index contributed by atoms with van der Waals surface area (Å²) >= 11 is 0. The Morgan fingerprint density at radius 1 is 0.793 bits per heavy atom. The first-order valence-electron chi connectivity index (χ1n) is 6.71. The molecule has 1 aromatic carbocycles. The van der Waals surface area contributed by atoms with Gasteiger partial charge in [0.2, 0.25) is 0 Å². The summed E-state index contributed by atoms with van der Waals surface area (Å²) in [6.07, 6.45) is -33.7. The van der Waals surface area contributed by atoms with Crippen LogP contribution in [-0.2, 0) is 0 Å². The lowest BCUT2D eigenvalue weighted by atomic mass is 10.2. The Hall–Kier alpha value is -2.55. The van der Waals surface area contributed by atoms with Crippen molar-refractivity contribution >= 4 is 5.97 Å². The highest BCUT2D eigenvalue weighted by molar-refractivity contribution is 5.91. The van der Waals surface area contributed by atoms with Crippen LogP contribution in [0.5, 0.6) is 11.5 Å². The molecular weight excluding hydrogens is 448 g/mol. The number of carboxylic acid groups (broad SMARTS) is 1. The molecule has 16 heteroatoms. The number of alkyl halides is 12. The summed E-state index contributed by atoms with van der Waals surface area (Å²) < 4.78 is 158. The molecule has 0 heterocycles. The molecule has 0 saturated carbocycles. The molecular formula is C13H6F12O4. The van der Waals surface area contributed by atoms with Gasteiger partial charge in [0, 0.05) is 6.07 Å². The summed E-state index contributed by atoms with van der Waals surface area (Å²) in [6.45, 7) is 0. The lowest BCUT2D eigenvalue weighted by Gasteiger charge is -2.25. The van der Waals surface area contributed by atoms with Crippen LogP contribution in [0.3, 0.4) is 0 Å². The van der Waals surface area contributed by atoms with Crippen molar-refractivity contribution in [2.45, 2.75) is 36.9 Å². The van der Waals surface area contributed by atoms with Crippen molar-refractivity contribution in [1.29, 1.82) is 0 Å². The molecule has 1 N–H and O–H groups in total. The van der Waals surface area contributed by atoms with Crippen molar-refractivity contribution < 1.29 is 72.1 Å². The van der Waals surface area contributed by atoms with Crippen molar-refractivity contribution in [3.8, 4) is 11.5 Å². The summed E-state index contributed by atoms with van der Waals surface area (Å²) in [7, 11) is 0. The van der Waals surface area contributed by atoms with Crippen molar-refractivity contribution in [3.63, 3.8) is 0 Å². The van der Waals surface area contributed by atoms with Crippen LogP contribution in [0.15, 0.2) is 18.2 Å². The van der Waals surface area contributed by atoms with Crippen LogP contribution in [-0.4, -0.2) is 48.0 Å². The second-order valence-electron chi connectivity index (χ2n) is 5.10. The van der Waals surface area contributed by atoms with Crippen LogP contribution in [0.4, 0.5) is 52.7 Å². The molecule has 4 nitrogen and oxygen atoms in total. The van der Waals surface area contributed by atoms with Crippen molar-refractivity contribution in [1.82, 2.24) is 0 Å². The molecule has 0 aliphatic heterocycles. The van der Waals surface area contributed by atoms with Gasteiger partial charge in [-0.15, -0.1) is 0 Å². The Bertz CT molecular complexity index is 742. The number of carbonyl (C=O) groups is 1. The predicted molar refractivity (Wildman–Crippen MR) is 66.5 cm³/mol. The number of hydrogen-bond acceptors (Lipinski definition) is 3. The number of carboxylic acids is 1. The fourth-order valence-corrected chi connectivity index (χ4v) is 1.62. The highest BCUT2D eigenvalue weighted by Gasteiger charge is 2.60. The third-order valence-corrected chi connectivity index (χ3v) is 2.85. The molecule has 2 unspecified atom stereocenters. The first kappa shape index (κ1) is 24.5. The van der Waals surface area contributed by atoms with Gasteiger partial charge in [0.25, 0.3) is 12.3 Å². The summed E-state index contributed by atoms with van der Waals surface area (Å²) in [5.41, 5.74) is -1.43. The number of benzene rings is 1. The molecule has 1 aromatic rings. The Balaban J connectivity index is 3.30. The molecule has 0 amide bonds. The SMILES string of the molecule is O=C(O)c1ccc(OC(F)(F)C(F)C(F)(F)F)cc1OC(F)(F)C(F)C(F)(F)F. The molecule has 0 fully saturated rings. The first-order valence-corrected chi connectivity index (χ1v) is 6.71. The molecule has 29 heavy (non-hydrogen) atoms. The molecule has 0 bridgehead atoms.